The number of hydrogen-bond acceptors (Lipinski definition) is 7. The summed E-state index contributed by atoms with van der Waals surface area (Å²) in [5.74, 6) is 2.89. The molecule has 2 heterocycles. The minimum absolute atomic E-state index is 0.209. The second-order valence-corrected chi connectivity index (χ2v) is 7.24. The van der Waals surface area contributed by atoms with E-state index in [1.807, 2.05) is 73.7 Å². The fourth-order valence-corrected chi connectivity index (χ4v) is 3.05. The van der Waals surface area contributed by atoms with Gasteiger partial charge in [0.25, 0.3) is 5.91 Å². The van der Waals surface area contributed by atoms with E-state index in [-0.39, 0.29) is 5.91 Å². The van der Waals surface area contributed by atoms with Crippen molar-refractivity contribution < 1.29 is 9.53 Å². The number of nitrogens with one attached hydrogen (secondary N) is 3. The van der Waals surface area contributed by atoms with Crippen molar-refractivity contribution in [2.75, 3.05) is 23.7 Å². The molecule has 2 aromatic carbocycles. The van der Waals surface area contributed by atoms with Crippen molar-refractivity contribution >= 4 is 23.4 Å². The first-order chi connectivity index (χ1) is 16.2. The molecule has 0 saturated heterocycles. The van der Waals surface area contributed by atoms with Crippen molar-refractivity contribution in [1.82, 2.24) is 20.5 Å². The summed E-state index contributed by atoms with van der Waals surface area (Å²) >= 11 is 0. The largest absolute Gasteiger partial charge is 0.457 e. The Labute approximate surface area is 192 Å². The number of pyridine rings is 1. The van der Waals surface area contributed by atoms with E-state index in [0.717, 1.165) is 5.56 Å². The van der Waals surface area contributed by atoms with E-state index in [1.54, 1.807) is 18.3 Å². The molecule has 4 rings (SSSR count). The lowest BCUT2D eigenvalue weighted by atomic mass is 10.2. The van der Waals surface area contributed by atoms with Crippen LogP contribution < -0.4 is 20.7 Å². The average Bonchev–Trinajstić information content (AvgIpc) is 2.84. The molecule has 166 valence electrons. The van der Waals surface area contributed by atoms with Gasteiger partial charge in [-0.05, 0) is 61.0 Å². The summed E-state index contributed by atoms with van der Waals surface area (Å²) < 4.78 is 5.86. The van der Waals surface area contributed by atoms with Gasteiger partial charge in [0.15, 0.2) is 5.82 Å². The second-order valence-electron chi connectivity index (χ2n) is 7.24. The third kappa shape index (κ3) is 6.27. The molecular weight excluding hydrogens is 416 g/mol. The van der Waals surface area contributed by atoms with Crippen molar-refractivity contribution in [1.29, 1.82) is 0 Å². The van der Waals surface area contributed by atoms with Gasteiger partial charge in [-0.2, -0.15) is 0 Å². The molecule has 2 aromatic heterocycles. The quantitative estimate of drug-likeness (QED) is 0.328. The molecule has 0 fully saturated rings. The fourth-order valence-electron chi connectivity index (χ4n) is 3.05. The van der Waals surface area contributed by atoms with Crippen LogP contribution >= 0.6 is 0 Å². The second kappa shape index (κ2) is 10.7. The maximum atomic E-state index is 12.6. The van der Waals surface area contributed by atoms with Crippen molar-refractivity contribution in [2.24, 2.45) is 0 Å². The Morgan fingerprint density at radius 2 is 1.61 bits per heavy atom. The van der Waals surface area contributed by atoms with E-state index < -0.39 is 0 Å². The van der Waals surface area contributed by atoms with Gasteiger partial charge < -0.3 is 20.7 Å². The molecule has 0 aliphatic rings. The predicted molar refractivity (Wildman–Crippen MR) is 128 cm³/mol. The van der Waals surface area contributed by atoms with Gasteiger partial charge in [-0.3, -0.25) is 4.79 Å². The minimum Gasteiger partial charge on any atom is -0.457 e. The molecule has 0 unspecified atom stereocenters. The van der Waals surface area contributed by atoms with E-state index in [9.17, 15) is 4.79 Å². The summed E-state index contributed by atoms with van der Waals surface area (Å²) in [4.78, 5) is 16.9. The van der Waals surface area contributed by atoms with Crippen LogP contribution in [-0.2, 0) is 0 Å². The Kier molecular flexibility index (Phi) is 7.07. The third-order valence-corrected chi connectivity index (χ3v) is 4.66. The van der Waals surface area contributed by atoms with Gasteiger partial charge in [0.05, 0.1) is 5.56 Å². The van der Waals surface area contributed by atoms with Gasteiger partial charge in [-0.1, -0.05) is 30.3 Å². The number of amides is 1. The molecule has 8 heteroatoms. The molecule has 0 bridgehead atoms. The number of ether oxygens (including phenoxy) is 1. The number of para-hydroxylation sites is 2. The maximum absolute atomic E-state index is 12.6. The number of anilines is 3. The number of nitrogens with zero attached hydrogens (tertiary/aromatic N) is 3. The molecule has 0 saturated carbocycles. The number of aryl methyl sites for hydroxylation is 1. The van der Waals surface area contributed by atoms with Crippen LogP contribution in [0.1, 0.15) is 15.9 Å². The Bertz CT molecular complexity index is 1200. The van der Waals surface area contributed by atoms with Crippen LogP contribution in [0.4, 0.5) is 17.5 Å². The summed E-state index contributed by atoms with van der Waals surface area (Å²) in [5, 5.41) is 17.4. The molecule has 8 nitrogen and oxygen atoms in total. The maximum Gasteiger partial charge on any atom is 0.255 e. The van der Waals surface area contributed by atoms with Crippen molar-refractivity contribution in [2.45, 2.75) is 6.92 Å². The summed E-state index contributed by atoms with van der Waals surface area (Å²) in [6.45, 7) is 2.90. The van der Waals surface area contributed by atoms with E-state index in [2.05, 4.69) is 31.1 Å². The van der Waals surface area contributed by atoms with Gasteiger partial charge in [0, 0.05) is 19.3 Å². The molecule has 0 spiro atoms. The molecule has 0 aliphatic heterocycles. The number of rotatable bonds is 9. The lowest BCUT2D eigenvalue weighted by molar-refractivity contribution is 0.0953. The lowest BCUT2D eigenvalue weighted by Crippen LogP contribution is -2.29. The smallest absolute Gasteiger partial charge is 0.255 e. The number of carbonyl (C=O) groups excluding carboxylic acids is 1. The molecule has 33 heavy (non-hydrogen) atoms. The van der Waals surface area contributed by atoms with Crippen molar-refractivity contribution in [3.05, 3.63) is 96.2 Å². The molecule has 0 radical (unpaired) electrons. The summed E-state index contributed by atoms with van der Waals surface area (Å²) in [7, 11) is 0. The Morgan fingerprint density at radius 1 is 0.848 bits per heavy atom. The van der Waals surface area contributed by atoms with E-state index >= 15 is 0 Å². The number of aromatic nitrogens is 3. The zero-order valence-electron chi connectivity index (χ0n) is 18.2. The van der Waals surface area contributed by atoms with Crippen molar-refractivity contribution in [3.8, 4) is 11.5 Å². The van der Waals surface area contributed by atoms with E-state index in [4.69, 9.17) is 4.74 Å². The minimum atomic E-state index is -0.209. The first-order valence-corrected chi connectivity index (χ1v) is 10.5. The predicted octanol–water partition coefficient (Wildman–Crippen LogP) is 4.56. The summed E-state index contributed by atoms with van der Waals surface area (Å²) in [6, 6.07) is 24.0. The summed E-state index contributed by atoms with van der Waals surface area (Å²) in [5.41, 5.74) is 1.58. The van der Waals surface area contributed by atoms with Crippen LogP contribution in [0.3, 0.4) is 0 Å². The SMILES string of the molecule is Cc1ccnc(Nc2ccc(NCCNC(=O)c3ccccc3Oc3ccccc3)nn2)c1. The van der Waals surface area contributed by atoms with Gasteiger partial charge in [-0.15, -0.1) is 10.2 Å². The average molecular weight is 441 g/mol. The fraction of sp³-hybridized carbons (Fsp3) is 0.120. The standard InChI is InChI=1S/C25H24N6O2/c1-18-13-14-26-24(17-18)29-23-12-11-22(30-31-23)27-15-16-28-25(32)20-9-5-6-10-21(20)33-19-7-3-2-4-8-19/h2-14,17H,15-16H2,1H3,(H,27,30)(H,28,32)(H,26,29,31). The van der Waals surface area contributed by atoms with Gasteiger partial charge in [-0.25, -0.2) is 4.98 Å². The number of benzene rings is 2. The molecular formula is C25H24N6O2. The highest BCUT2D eigenvalue weighted by atomic mass is 16.5. The molecule has 0 aliphatic carbocycles. The van der Waals surface area contributed by atoms with Crippen LogP contribution in [0.25, 0.3) is 0 Å². The number of hydrogen-bond donors (Lipinski definition) is 3. The molecule has 3 N–H and O–H groups in total. The van der Waals surface area contributed by atoms with Gasteiger partial charge in [0.2, 0.25) is 0 Å². The molecule has 1 amide bonds. The molecule has 0 atom stereocenters. The van der Waals surface area contributed by atoms with Crippen LogP contribution in [0.5, 0.6) is 11.5 Å². The lowest BCUT2D eigenvalue weighted by Gasteiger charge is -2.12. The van der Waals surface area contributed by atoms with Gasteiger partial charge >= 0.3 is 0 Å². The number of carbonyl (C=O) groups is 1. The Morgan fingerprint density at radius 3 is 2.39 bits per heavy atom. The third-order valence-electron chi connectivity index (χ3n) is 4.66. The van der Waals surface area contributed by atoms with Gasteiger partial charge in [0.1, 0.15) is 23.1 Å². The Hall–Kier alpha value is -4.46. The zero-order chi connectivity index (χ0) is 22.9. The van der Waals surface area contributed by atoms with Crippen LogP contribution in [0.2, 0.25) is 0 Å². The highest BCUT2D eigenvalue weighted by Gasteiger charge is 2.12. The van der Waals surface area contributed by atoms with E-state index in [0.29, 0.717) is 47.6 Å². The zero-order valence-corrected chi connectivity index (χ0v) is 18.2. The van der Waals surface area contributed by atoms with Crippen LogP contribution in [-0.4, -0.2) is 34.2 Å². The highest BCUT2D eigenvalue weighted by Crippen LogP contribution is 2.24. The monoisotopic (exact) mass is 440 g/mol. The highest BCUT2D eigenvalue weighted by molar-refractivity contribution is 5.97. The summed E-state index contributed by atoms with van der Waals surface area (Å²) in [6.07, 6.45) is 1.74. The normalized spacial score (nSPS) is 10.3. The topological polar surface area (TPSA) is 101 Å². The first kappa shape index (κ1) is 21.8. The van der Waals surface area contributed by atoms with Crippen LogP contribution in [0, 0.1) is 6.92 Å². The van der Waals surface area contributed by atoms with Crippen LogP contribution in [0.15, 0.2) is 85.1 Å². The first-order valence-electron chi connectivity index (χ1n) is 10.5. The van der Waals surface area contributed by atoms with Crippen molar-refractivity contribution in [3.63, 3.8) is 0 Å². The Balaban J connectivity index is 1.26. The van der Waals surface area contributed by atoms with E-state index in [1.165, 1.54) is 0 Å². The molecule has 4 aromatic rings.